The molecular weight excluding hydrogens is 426 g/mol. The lowest BCUT2D eigenvalue weighted by Crippen LogP contribution is -2.35. The first-order valence-electron chi connectivity index (χ1n) is 8.83. The summed E-state index contributed by atoms with van der Waals surface area (Å²) >= 11 is 3.38. The van der Waals surface area contributed by atoms with Gasteiger partial charge < -0.3 is 19.9 Å². The van der Waals surface area contributed by atoms with Gasteiger partial charge in [0.25, 0.3) is 5.91 Å². The number of halogens is 1. The zero-order chi connectivity index (χ0) is 21.0. The number of nitrogens with one attached hydrogen (secondary N) is 2. The number of aromatic nitrogens is 1. The van der Waals surface area contributed by atoms with Gasteiger partial charge in [-0.25, -0.2) is 4.79 Å². The van der Waals surface area contributed by atoms with E-state index in [1.165, 1.54) is 11.9 Å². The Morgan fingerprint density at radius 1 is 1.21 bits per heavy atom. The van der Waals surface area contributed by atoms with Gasteiger partial charge in [0.05, 0.1) is 18.7 Å². The molecule has 2 aromatic rings. The molecular formula is C20H24BrN3O4. The van der Waals surface area contributed by atoms with Crippen molar-refractivity contribution in [3.63, 3.8) is 0 Å². The fourth-order valence-electron chi connectivity index (χ4n) is 2.91. The first-order chi connectivity index (χ1) is 13.1. The van der Waals surface area contributed by atoms with Crippen LogP contribution in [0.15, 0.2) is 22.7 Å². The summed E-state index contributed by atoms with van der Waals surface area (Å²) in [7, 11) is 1.54. The summed E-state index contributed by atoms with van der Waals surface area (Å²) in [5.41, 5.74) is 3.29. The van der Waals surface area contributed by atoms with Gasteiger partial charge in [0.2, 0.25) is 5.91 Å². The summed E-state index contributed by atoms with van der Waals surface area (Å²) in [6.45, 7) is 7.13. The van der Waals surface area contributed by atoms with E-state index in [-0.39, 0.29) is 30.7 Å². The van der Waals surface area contributed by atoms with Gasteiger partial charge in [0.15, 0.2) is 0 Å². The van der Waals surface area contributed by atoms with Crippen molar-refractivity contribution in [1.82, 2.24) is 9.88 Å². The highest BCUT2D eigenvalue weighted by molar-refractivity contribution is 9.10. The van der Waals surface area contributed by atoms with E-state index in [0.717, 1.165) is 10.0 Å². The van der Waals surface area contributed by atoms with Gasteiger partial charge >= 0.3 is 5.97 Å². The lowest BCUT2D eigenvalue weighted by molar-refractivity contribution is -0.116. The number of aromatic amines is 1. The molecule has 0 bridgehead atoms. The molecule has 0 aliphatic carbocycles. The van der Waals surface area contributed by atoms with Gasteiger partial charge in [-0.3, -0.25) is 9.59 Å². The van der Waals surface area contributed by atoms with Crippen molar-refractivity contribution in [2.75, 3.05) is 25.5 Å². The number of nitrogens with zero attached hydrogens (tertiary/aromatic N) is 1. The number of H-pyrrole nitrogens is 1. The van der Waals surface area contributed by atoms with Gasteiger partial charge in [-0.2, -0.15) is 0 Å². The second-order valence-electron chi connectivity index (χ2n) is 6.51. The van der Waals surface area contributed by atoms with Crippen LogP contribution in [0.1, 0.15) is 44.6 Å². The van der Waals surface area contributed by atoms with E-state index in [1.807, 2.05) is 19.1 Å². The molecule has 7 nitrogen and oxygen atoms in total. The second kappa shape index (κ2) is 9.05. The molecule has 1 aromatic carbocycles. The Morgan fingerprint density at radius 2 is 1.89 bits per heavy atom. The number of likely N-dealkylation sites (N-methyl/N-ethyl adjacent to an activating group) is 1. The van der Waals surface area contributed by atoms with Gasteiger partial charge in [-0.05, 0) is 57.0 Å². The number of carbonyl (C=O) groups is 3. The predicted octanol–water partition coefficient (Wildman–Crippen LogP) is 3.59. The Kier molecular flexibility index (Phi) is 7.01. The van der Waals surface area contributed by atoms with Crippen molar-refractivity contribution >= 4 is 39.4 Å². The summed E-state index contributed by atoms with van der Waals surface area (Å²) in [6, 6.07) is 5.52. The van der Waals surface area contributed by atoms with Crippen LogP contribution < -0.4 is 5.32 Å². The molecule has 2 rings (SSSR count). The van der Waals surface area contributed by atoms with Crippen LogP contribution in [0, 0.1) is 20.8 Å². The molecule has 0 fully saturated rings. The highest BCUT2D eigenvalue weighted by Gasteiger charge is 2.25. The Bertz CT molecular complexity index is 920. The maximum Gasteiger partial charge on any atom is 0.340 e. The largest absolute Gasteiger partial charge is 0.462 e. The fourth-order valence-corrected chi connectivity index (χ4v) is 3.38. The zero-order valence-electron chi connectivity index (χ0n) is 16.6. The average molecular weight is 450 g/mol. The normalized spacial score (nSPS) is 10.5. The Balaban J connectivity index is 2.11. The molecule has 1 aromatic heterocycles. The average Bonchev–Trinajstić information content (AvgIpc) is 2.91. The van der Waals surface area contributed by atoms with Crippen LogP contribution in [0.3, 0.4) is 0 Å². The minimum absolute atomic E-state index is 0.124. The Labute approximate surface area is 172 Å². The number of hydrogen-bond acceptors (Lipinski definition) is 4. The number of carbonyl (C=O) groups excluding carboxylic acids is 3. The smallest absolute Gasteiger partial charge is 0.340 e. The van der Waals surface area contributed by atoms with Crippen LogP contribution in [-0.2, 0) is 9.53 Å². The molecule has 0 spiro atoms. The Morgan fingerprint density at radius 3 is 2.50 bits per heavy atom. The molecule has 150 valence electrons. The van der Waals surface area contributed by atoms with E-state index in [0.29, 0.717) is 22.5 Å². The first kappa shape index (κ1) is 21.7. The van der Waals surface area contributed by atoms with Crippen LogP contribution >= 0.6 is 15.9 Å². The third-order valence-electron chi connectivity index (χ3n) is 4.32. The maximum atomic E-state index is 12.8. The molecule has 0 aliphatic heterocycles. The molecule has 0 radical (unpaired) electrons. The number of aryl methyl sites for hydroxylation is 2. The lowest BCUT2D eigenvalue weighted by atomic mass is 10.1. The molecule has 28 heavy (non-hydrogen) atoms. The van der Waals surface area contributed by atoms with Crippen molar-refractivity contribution < 1.29 is 19.1 Å². The van der Waals surface area contributed by atoms with E-state index < -0.39 is 5.97 Å². The molecule has 0 aliphatic rings. The van der Waals surface area contributed by atoms with E-state index in [1.54, 1.807) is 26.8 Å². The fraction of sp³-hybridized carbons (Fsp3) is 0.350. The lowest BCUT2D eigenvalue weighted by Gasteiger charge is -2.17. The molecule has 0 saturated heterocycles. The van der Waals surface area contributed by atoms with Crippen molar-refractivity contribution in [3.05, 3.63) is 50.8 Å². The van der Waals surface area contributed by atoms with Crippen LogP contribution in [0.4, 0.5) is 5.69 Å². The van der Waals surface area contributed by atoms with Crippen molar-refractivity contribution in [1.29, 1.82) is 0 Å². The van der Waals surface area contributed by atoms with Gasteiger partial charge in [-0.1, -0.05) is 15.9 Å². The number of benzene rings is 1. The minimum atomic E-state index is -0.473. The van der Waals surface area contributed by atoms with Crippen molar-refractivity contribution in [2.24, 2.45) is 0 Å². The maximum absolute atomic E-state index is 12.8. The van der Waals surface area contributed by atoms with Crippen molar-refractivity contribution in [2.45, 2.75) is 27.7 Å². The number of anilines is 1. The van der Waals surface area contributed by atoms with Crippen LogP contribution in [-0.4, -0.2) is 47.9 Å². The molecule has 0 atom stereocenters. The first-order valence-corrected chi connectivity index (χ1v) is 9.62. The van der Waals surface area contributed by atoms with E-state index in [9.17, 15) is 14.4 Å². The third kappa shape index (κ3) is 4.81. The van der Waals surface area contributed by atoms with Crippen LogP contribution in [0.25, 0.3) is 0 Å². The highest BCUT2D eigenvalue weighted by atomic mass is 79.9. The number of rotatable bonds is 6. The van der Waals surface area contributed by atoms with E-state index in [2.05, 4.69) is 26.2 Å². The zero-order valence-corrected chi connectivity index (χ0v) is 18.2. The monoisotopic (exact) mass is 449 g/mol. The quantitative estimate of drug-likeness (QED) is 0.659. The molecule has 8 heteroatoms. The topological polar surface area (TPSA) is 91.5 Å². The minimum Gasteiger partial charge on any atom is -0.462 e. The van der Waals surface area contributed by atoms with E-state index in [4.69, 9.17) is 4.74 Å². The third-order valence-corrected chi connectivity index (χ3v) is 4.81. The predicted molar refractivity (Wildman–Crippen MR) is 111 cm³/mol. The summed E-state index contributed by atoms with van der Waals surface area (Å²) < 4.78 is 5.96. The van der Waals surface area contributed by atoms with Crippen LogP contribution in [0.5, 0.6) is 0 Å². The number of hydrogen-bond donors (Lipinski definition) is 2. The number of ether oxygens (including phenoxy) is 1. The molecule has 0 saturated carbocycles. The summed E-state index contributed by atoms with van der Waals surface area (Å²) in [6.07, 6.45) is 0. The molecule has 0 unspecified atom stereocenters. The number of amides is 2. The Hall–Kier alpha value is -2.61. The second-order valence-corrected chi connectivity index (χ2v) is 7.43. The summed E-state index contributed by atoms with van der Waals surface area (Å²) in [5, 5.41) is 2.80. The summed E-state index contributed by atoms with van der Waals surface area (Å²) in [5.74, 6) is -1.16. The van der Waals surface area contributed by atoms with E-state index >= 15 is 0 Å². The van der Waals surface area contributed by atoms with Gasteiger partial charge in [-0.15, -0.1) is 0 Å². The SMILES string of the molecule is CCOC(=O)c1c(C)[nH]c(C(=O)N(C)CC(=O)Nc2ccc(Br)cc2C)c1C. The van der Waals surface area contributed by atoms with Gasteiger partial charge in [0.1, 0.15) is 5.69 Å². The molecule has 2 amide bonds. The molecule has 2 N–H and O–H groups in total. The standard InChI is InChI=1S/C20H24BrN3O4/c1-6-28-20(27)17-12(3)18(22-13(17)4)19(26)24(5)10-16(25)23-15-8-7-14(21)9-11(15)2/h7-9,22H,6,10H2,1-5H3,(H,23,25). The van der Waals surface area contributed by atoms with Gasteiger partial charge in [0, 0.05) is 22.9 Å². The van der Waals surface area contributed by atoms with Crippen LogP contribution in [0.2, 0.25) is 0 Å². The van der Waals surface area contributed by atoms with Crippen molar-refractivity contribution in [3.8, 4) is 0 Å². The molecule has 1 heterocycles. The number of esters is 1. The summed E-state index contributed by atoms with van der Waals surface area (Å²) in [4.78, 5) is 41.5. The highest BCUT2D eigenvalue weighted by Crippen LogP contribution is 2.21.